The van der Waals surface area contributed by atoms with Gasteiger partial charge in [0.2, 0.25) is 0 Å². The normalized spacial score (nSPS) is 9.89. The smallest absolute Gasteiger partial charge is 0.255 e. The van der Waals surface area contributed by atoms with E-state index < -0.39 is 0 Å². The van der Waals surface area contributed by atoms with Gasteiger partial charge < -0.3 is 10.7 Å². The number of hydrazine groups is 1. The summed E-state index contributed by atoms with van der Waals surface area (Å²) in [4.78, 5) is 11.8. The van der Waals surface area contributed by atoms with Crippen molar-refractivity contribution < 1.29 is 9.18 Å². The number of halogens is 1. The first-order valence-corrected chi connectivity index (χ1v) is 5.32. The fourth-order valence-corrected chi connectivity index (χ4v) is 1.45. The van der Waals surface area contributed by atoms with E-state index in [0.29, 0.717) is 16.9 Å². The Balaban J connectivity index is 2.09. The molecule has 4 nitrogen and oxygen atoms in total. The number of anilines is 2. The third-order valence-corrected chi connectivity index (χ3v) is 2.42. The number of hydrogen-bond donors (Lipinski definition) is 3. The number of nitrogens with one attached hydrogen (secondary N) is 2. The Labute approximate surface area is 104 Å². The summed E-state index contributed by atoms with van der Waals surface area (Å²) in [5.41, 5.74) is 4.23. The van der Waals surface area contributed by atoms with Gasteiger partial charge in [-0.3, -0.25) is 10.6 Å². The van der Waals surface area contributed by atoms with E-state index in [9.17, 15) is 9.18 Å². The summed E-state index contributed by atoms with van der Waals surface area (Å²) in [7, 11) is 0. The molecular formula is C13H12FN3O. The number of nitrogens with two attached hydrogens (primary N) is 1. The van der Waals surface area contributed by atoms with Gasteiger partial charge in [0.25, 0.3) is 5.91 Å². The first kappa shape index (κ1) is 12.1. The summed E-state index contributed by atoms with van der Waals surface area (Å²) in [6.07, 6.45) is 0. The maximum atomic E-state index is 12.7. The number of rotatable bonds is 3. The minimum Gasteiger partial charge on any atom is -0.324 e. The first-order chi connectivity index (χ1) is 8.69. The van der Waals surface area contributed by atoms with Gasteiger partial charge in [-0.2, -0.15) is 0 Å². The molecule has 0 radical (unpaired) electrons. The van der Waals surface area contributed by atoms with Crippen molar-refractivity contribution in [1.82, 2.24) is 0 Å². The van der Waals surface area contributed by atoms with Crippen LogP contribution in [-0.2, 0) is 0 Å². The average molecular weight is 245 g/mol. The van der Waals surface area contributed by atoms with E-state index in [2.05, 4.69) is 10.7 Å². The zero-order chi connectivity index (χ0) is 13.0. The number of carbonyl (C=O) groups is 1. The molecule has 2 aromatic carbocycles. The second kappa shape index (κ2) is 5.29. The minimum atomic E-state index is -0.341. The Morgan fingerprint density at radius 2 is 1.50 bits per heavy atom. The van der Waals surface area contributed by atoms with E-state index in [0.717, 1.165) is 0 Å². The van der Waals surface area contributed by atoms with Gasteiger partial charge >= 0.3 is 0 Å². The predicted molar refractivity (Wildman–Crippen MR) is 68.6 cm³/mol. The molecule has 0 aliphatic heterocycles. The monoisotopic (exact) mass is 245 g/mol. The van der Waals surface area contributed by atoms with Crippen molar-refractivity contribution in [3.63, 3.8) is 0 Å². The van der Waals surface area contributed by atoms with Crippen molar-refractivity contribution in [3.8, 4) is 0 Å². The molecule has 92 valence electrons. The van der Waals surface area contributed by atoms with E-state index in [1.54, 1.807) is 24.3 Å². The highest BCUT2D eigenvalue weighted by Gasteiger charge is 2.05. The predicted octanol–water partition coefficient (Wildman–Crippen LogP) is 2.36. The molecule has 18 heavy (non-hydrogen) atoms. The van der Waals surface area contributed by atoms with Crippen LogP contribution in [0.15, 0.2) is 48.5 Å². The number of hydrogen-bond acceptors (Lipinski definition) is 3. The van der Waals surface area contributed by atoms with Gasteiger partial charge in [-0.15, -0.1) is 0 Å². The molecule has 4 N–H and O–H groups in total. The van der Waals surface area contributed by atoms with Crippen molar-refractivity contribution in [1.29, 1.82) is 0 Å². The van der Waals surface area contributed by atoms with Gasteiger partial charge in [0.1, 0.15) is 5.82 Å². The molecule has 0 aliphatic carbocycles. The molecule has 2 rings (SSSR count). The number of nitrogen functional groups attached to an aromatic ring is 1. The maximum absolute atomic E-state index is 12.7. The Morgan fingerprint density at radius 3 is 2.06 bits per heavy atom. The Morgan fingerprint density at radius 1 is 0.944 bits per heavy atom. The van der Waals surface area contributed by atoms with E-state index >= 15 is 0 Å². The lowest BCUT2D eigenvalue weighted by Crippen LogP contribution is -2.12. The molecule has 5 heteroatoms. The standard InChI is InChI=1S/C13H12FN3O/c14-10-3-7-11(8-4-10)16-13(18)9-1-5-12(17-15)6-2-9/h1-8,17H,15H2,(H,16,18). The molecular weight excluding hydrogens is 233 g/mol. The van der Waals surface area contributed by atoms with E-state index in [1.807, 2.05) is 0 Å². The fourth-order valence-electron chi connectivity index (χ4n) is 1.45. The lowest BCUT2D eigenvalue weighted by Gasteiger charge is -2.06. The molecule has 0 aromatic heterocycles. The van der Waals surface area contributed by atoms with Crippen LogP contribution in [0.25, 0.3) is 0 Å². The van der Waals surface area contributed by atoms with Gasteiger partial charge in [0.15, 0.2) is 0 Å². The summed E-state index contributed by atoms with van der Waals surface area (Å²) >= 11 is 0. The van der Waals surface area contributed by atoms with Gasteiger partial charge in [0, 0.05) is 16.9 Å². The van der Waals surface area contributed by atoms with Crippen LogP contribution in [0.4, 0.5) is 15.8 Å². The number of carbonyl (C=O) groups excluding carboxylic acids is 1. The second-order valence-electron chi connectivity index (χ2n) is 3.68. The van der Waals surface area contributed by atoms with Gasteiger partial charge in [0.05, 0.1) is 0 Å². The Hall–Kier alpha value is -2.40. The fraction of sp³-hybridized carbons (Fsp3) is 0. The first-order valence-electron chi connectivity index (χ1n) is 5.32. The third-order valence-electron chi connectivity index (χ3n) is 2.42. The van der Waals surface area contributed by atoms with Crippen molar-refractivity contribution in [2.24, 2.45) is 5.84 Å². The van der Waals surface area contributed by atoms with Gasteiger partial charge in [-0.05, 0) is 48.5 Å². The van der Waals surface area contributed by atoms with Gasteiger partial charge in [-0.25, -0.2) is 4.39 Å². The molecule has 0 saturated heterocycles. The van der Waals surface area contributed by atoms with Crippen LogP contribution in [0, 0.1) is 5.82 Å². The van der Waals surface area contributed by atoms with Gasteiger partial charge in [-0.1, -0.05) is 0 Å². The summed E-state index contributed by atoms with van der Waals surface area (Å²) in [5, 5.41) is 2.67. The molecule has 0 spiro atoms. The Bertz CT molecular complexity index is 537. The SMILES string of the molecule is NNc1ccc(C(=O)Nc2ccc(F)cc2)cc1. The average Bonchev–Trinajstić information content (AvgIpc) is 2.41. The molecule has 0 fully saturated rings. The summed E-state index contributed by atoms with van der Waals surface area (Å²) in [6.45, 7) is 0. The lowest BCUT2D eigenvalue weighted by atomic mass is 10.2. The van der Waals surface area contributed by atoms with Crippen LogP contribution in [0.3, 0.4) is 0 Å². The van der Waals surface area contributed by atoms with Crippen LogP contribution in [0.2, 0.25) is 0 Å². The quantitative estimate of drug-likeness (QED) is 0.574. The van der Waals surface area contributed by atoms with Crippen LogP contribution in [0.1, 0.15) is 10.4 Å². The number of amides is 1. The summed E-state index contributed by atoms with van der Waals surface area (Å²) in [5.74, 6) is 4.63. The molecule has 1 amide bonds. The molecule has 2 aromatic rings. The number of benzene rings is 2. The summed E-state index contributed by atoms with van der Waals surface area (Å²) < 4.78 is 12.7. The van der Waals surface area contributed by atoms with Crippen LogP contribution >= 0.6 is 0 Å². The lowest BCUT2D eigenvalue weighted by molar-refractivity contribution is 0.102. The maximum Gasteiger partial charge on any atom is 0.255 e. The van der Waals surface area contributed by atoms with Crippen LogP contribution in [0.5, 0.6) is 0 Å². The molecule has 0 saturated carbocycles. The molecule has 0 bridgehead atoms. The Kier molecular flexibility index (Phi) is 3.54. The second-order valence-corrected chi connectivity index (χ2v) is 3.68. The van der Waals surface area contributed by atoms with E-state index in [-0.39, 0.29) is 11.7 Å². The van der Waals surface area contributed by atoms with Crippen LogP contribution in [-0.4, -0.2) is 5.91 Å². The highest BCUT2D eigenvalue weighted by Crippen LogP contribution is 2.12. The van der Waals surface area contributed by atoms with Crippen molar-refractivity contribution in [2.45, 2.75) is 0 Å². The summed E-state index contributed by atoms with van der Waals surface area (Å²) in [6, 6.07) is 12.3. The largest absolute Gasteiger partial charge is 0.324 e. The highest BCUT2D eigenvalue weighted by molar-refractivity contribution is 6.04. The van der Waals surface area contributed by atoms with Crippen LogP contribution < -0.4 is 16.6 Å². The molecule has 0 atom stereocenters. The molecule has 0 unspecified atom stereocenters. The highest BCUT2D eigenvalue weighted by atomic mass is 19.1. The van der Waals surface area contributed by atoms with E-state index in [1.165, 1.54) is 24.3 Å². The third kappa shape index (κ3) is 2.83. The zero-order valence-electron chi connectivity index (χ0n) is 9.48. The van der Waals surface area contributed by atoms with Crippen molar-refractivity contribution in [2.75, 3.05) is 10.7 Å². The molecule has 0 heterocycles. The van der Waals surface area contributed by atoms with Crippen molar-refractivity contribution >= 4 is 17.3 Å². The van der Waals surface area contributed by atoms with E-state index in [4.69, 9.17) is 5.84 Å². The van der Waals surface area contributed by atoms with Crippen molar-refractivity contribution in [3.05, 3.63) is 59.9 Å². The topological polar surface area (TPSA) is 67.1 Å². The molecule has 0 aliphatic rings. The zero-order valence-corrected chi connectivity index (χ0v) is 9.48. The minimum absolute atomic E-state index is 0.259.